The number of anilines is 1. The van der Waals surface area contributed by atoms with Crippen molar-refractivity contribution in [2.75, 3.05) is 12.4 Å². The third-order valence-corrected chi connectivity index (χ3v) is 7.95. The molecule has 1 fully saturated rings. The highest BCUT2D eigenvalue weighted by Crippen LogP contribution is 2.68. The van der Waals surface area contributed by atoms with Crippen molar-refractivity contribution in [1.29, 1.82) is 0 Å². The molecule has 2 unspecified atom stereocenters. The number of nitrogens with one attached hydrogen (secondary N) is 2. The summed E-state index contributed by atoms with van der Waals surface area (Å²) >= 11 is 0. The molecule has 0 spiro atoms. The Balaban J connectivity index is 1.33. The van der Waals surface area contributed by atoms with Gasteiger partial charge in [0.25, 0.3) is 12.3 Å². The molecular formula is C31H25F6N5O3. The zero-order valence-corrected chi connectivity index (χ0v) is 23.5. The van der Waals surface area contributed by atoms with Crippen LogP contribution in [0.2, 0.25) is 0 Å². The summed E-state index contributed by atoms with van der Waals surface area (Å²) in [5.74, 6) is -7.79. The molecule has 3 atom stereocenters. The van der Waals surface area contributed by atoms with Gasteiger partial charge in [-0.2, -0.15) is 13.9 Å². The van der Waals surface area contributed by atoms with Crippen LogP contribution in [-0.4, -0.2) is 33.9 Å². The van der Waals surface area contributed by atoms with Gasteiger partial charge in [0.05, 0.1) is 18.8 Å². The van der Waals surface area contributed by atoms with Crippen LogP contribution in [-0.2, 0) is 28.4 Å². The normalized spacial score (nSPS) is 18.2. The summed E-state index contributed by atoms with van der Waals surface area (Å²) in [6, 6.07) is 11.7. The lowest BCUT2D eigenvalue weighted by atomic mass is 9.95. The van der Waals surface area contributed by atoms with Crippen LogP contribution in [0.25, 0.3) is 11.1 Å². The predicted octanol–water partition coefficient (Wildman–Crippen LogP) is 6.65. The number of benzene rings is 2. The van der Waals surface area contributed by atoms with Crippen LogP contribution in [0.1, 0.15) is 53.0 Å². The molecule has 2 aromatic heterocycles. The molecule has 2 N–H and O–H groups in total. The number of nitrogens with zero attached hydrogens (tertiary/aromatic N) is 3. The van der Waals surface area contributed by atoms with E-state index < -0.39 is 71.8 Å². The number of hydrogen-bond acceptors (Lipinski definition) is 5. The molecule has 2 aliphatic carbocycles. The van der Waals surface area contributed by atoms with Gasteiger partial charge in [-0.1, -0.05) is 18.2 Å². The number of pyridine rings is 1. The fourth-order valence-electron chi connectivity index (χ4n) is 5.98. The fourth-order valence-corrected chi connectivity index (χ4v) is 5.98. The second-order valence-corrected chi connectivity index (χ2v) is 10.9. The zero-order valence-electron chi connectivity index (χ0n) is 23.5. The molecule has 234 valence electrons. The monoisotopic (exact) mass is 629 g/mol. The number of amides is 2. The quantitative estimate of drug-likeness (QED) is 0.202. The van der Waals surface area contributed by atoms with Crippen LogP contribution in [0.4, 0.5) is 36.8 Å². The number of hydrogen-bond donors (Lipinski definition) is 2. The van der Waals surface area contributed by atoms with Crippen molar-refractivity contribution in [2.45, 2.75) is 43.7 Å². The molecule has 1 saturated carbocycles. The minimum atomic E-state index is -3.41. The summed E-state index contributed by atoms with van der Waals surface area (Å²) in [5.41, 5.74) is 0.341. The summed E-state index contributed by atoms with van der Waals surface area (Å²) in [5, 5.41) is 8.92. The highest BCUT2D eigenvalue weighted by atomic mass is 19.3. The van der Waals surface area contributed by atoms with Gasteiger partial charge in [0.2, 0.25) is 5.91 Å². The Hall–Kier alpha value is -4.88. The van der Waals surface area contributed by atoms with Gasteiger partial charge in [-0.15, -0.1) is 0 Å². The summed E-state index contributed by atoms with van der Waals surface area (Å²) in [7, 11) is 1.22. The van der Waals surface area contributed by atoms with Gasteiger partial charge < -0.3 is 10.1 Å². The molecule has 2 heterocycles. The first-order valence-corrected chi connectivity index (χ1v) is 13.9. The third-order valence-electron chi connectivity index (χ3n) is 7.95. The molecule has 14 heteroatoms. The van der Waals surface area contributed by atoms with Crippen LogP contribution < -0.4 is 10.6 Å². The zero-order chi connectivity index (χ0) is 32.0. The van der Waals surface area contributed by atoms with Crippen LogP contribution in [0.3, 0.4) is 0 Å². The average Bonchev–Trinajstić information content (AvgIpc) is 3.65. The van der Waals surface area contributed by atoms with E-state index in [1.807, 2.05) is 0 Å². The number of rotatable bonds is 9. The van der Waals surface area contributed by atoms with Gasteiger partial charge in [-0.05, 0) is 60.2 Å². The Labute approximate surface area is 252 Å². The van der Waals surface area contributed by atoms with Gasteiger partial charge in [0, 0.05) is 35.0 Å². The summed E-state index contributed by atoms with van der Waals surface area (Å²) < 4.78 is 91.1. The highest BCUT2D eigenvalue weighted by Gasteiger charge is 2.67. The first-order chi connectivity index (χ1) is 21.5. The van der Waals surface area contributed by atoms with E-state index in [0.29, 0.717) is 27.6 Å². The Bertz CT molecular complexity index is 1760. The Morgan fingerprint density at radius 1 is 1.07 bits per heavy atom. The summed E-state index contributed by atoms with van der Waals surface area (Å²) in [6.07, 6.45) is -2.41. The summed E-state index contributed by atoms with van der Waals surface area (Å²) in [4.78, 5) is 29.4. The van der Waals surface area contributed by atoms with Crippen molar-refractivity contribution in [2.24, 2.45) is 5.92 Å². The third kappa shape index (κ3) is 5.83. The molecule has 0 bridgehead atoms. The second-order valence-electron chi connectivity index (χ2n) is 10.9. The second kappa shape index (κ2) is 11.6. The maximum absolute atomic E-state index is 15.1. The molecule has 8 nitrogen and oxygen atoms in total. The van der Waals surface area contributed by atoms with E-state index in [4.69, 9.17) is 0 Å². The first kappa shape index (κ1) is 30.2. The van der Waals surface area contributed by atoms with Crippen molar-refractivity contribution in [3.05, 3.63) is 101 Å². The van der Waals surface area contributed by atoms with Crippen molar-refractivity contribution >= 4 is 17.7 Å². The number of halogens is 6. The molecule has 0 aliphatic heterocycles. The molecule has 4 aromatic rings. The highest BCUT2D eigenvalue weighted by molar-refractivity contribution is 5.85. The van der Waals surface area contributed by atoms with E-state index in [1.54, 1.807) is 36.4 Å². The standard InChI is InChI=1S/C31H25F6N5O3/c1-45-30(44)39-19-6-4-16(5-7-19)20-3-2-8-38-26(20)23(11-15-9-17(32)12-18(33)10-15)40-24(43)14-42-28-25(27(41-42)29(34)35)21-13-22(21)31(28,36)37/h2-10,12,21-23,29H,11,13-14H2,1H3,(H,39,44)(H,40,43)/t21?,22?,23-/m0/s1. The summed E-state index contributed by atoms with van der Waals surface area (Å²) in [6.45, 7) is -0.797. The lowest BCUT2D eigenvalue weighted by Crippen LogP contribution is -2.35. The maximum Gasteiger partial charge on any atom is 0.411 e. The number of alkyl halides is 4. The number of carbonyl (C=O) groups is 2. The largest absolute Gasteiger partial charge is 0.453 e. The van der Waals surface area contributed by atoms with Crippen molar-refractivity contribution in [1.82, 2.24) is 20.1 Å². The van der Waals surface area contributed by atoms with E-state index in [0.717, 1.165) is 12.1 Å². The van der Waals surface area contributed by atoms with Gasteiger partial charge in [-0.25, -0.2) is 22.4 Å². The van der Waals surface area contributed by atoms with E-state index in [9.17, 15) is 27.2 Å². The van der Waals surface area contributed by atoms with Crippen molar-refractivity contribution in [3.63, 3.8) is 0 Å². The SMILES string of the molecule is COC(=O)Nc1ccc(-c2cccnc2[C@H](Cc2cc(F)cc(F)c2)NC(=O)Cn2nc(C(F)F)c3c2C(F)(F)C2CC32)cc1. The smallest absolute Gasteiger partial charge is 0.411 e. The number of carbonyl (C=O) groups excluding carboxylic acids is 2. The predicted molar refractivity (Wildman–Crippen MR) is 149 cm³/mol. The fraction of sp³-hybridized carbons (Fsp3) is 0.290. The van der Waals surface area contributed by atoms with Crippen LogP contribution in [0, 0.1) is 17.6 Å². The average molecular weight is 630 g/mol. The van der Waals surface area contributed by atoms with Gasteiger partial charge in [0.1, 0.15) is 29.6 Å². The Morgan fingerprint density at radius 2 is 1.78 bits per heavy atom. The van der Waals surface area contributed by atoms with E-state index in [1.165, 1.54) is 13.3 Å². The number of methoxy groups -OCH3 is 1. The Morgan fingerprint density at radius 3 is 2.44 bits per heavy atom. The van der Waals surface area contributed by atoms with Crippen molar-refractivity contribution < 1.29 is 40.7 Å². The van der Waals surface area contributed by atoms with Crippen LogP contribution in [0.15, 0.2) is 60.8 Å². The van der Waals surface area contributed by atoms with Crippen LogP contribution >= 0.6 is 0 Å². The lowest BCUT2D eigenvalue weighted by molar-refractivity contribution is -0.123. The minimum Gasteiger partial charge on any atom is -0.453 e. The number of aromatic nitrogens is 3. The molecule has 0 radical (unpaired) electrons. The van der Waals surface area contributed by atoms with E-state index in [2.05, 4.69) is 25.5 Å². The van der Waals surface area contributed by atoms with Crippen LogP contribution in [0.5, 0.6) is 0 Å². The molecular weight excluding hydrogens is 604 g/mol. The van der Waals surface area contributed by atoms with Gasteiger partial charge in [0.15, 0.2) is 0 Å². The van der Waals surface area contributed by atoms with Gasteiger partial charge in [-0.3, -0.25) is 19.8 Å². The molecule has 2 aliphatic rings. The minimum absolute atomic E-state index is 0.0755. The Kier molecular flexibility index (Phi) is 7.75. The van der Waals surface area contributed by atoms with Gasteiger partial charge >= 0.3 is 6.09 Å². The lowest BCUT2D eigenvalue weighted by Gasteiger charge is -2.22. The first-order valence-electron chi connectivity index (χ1n) is 13.9. The molecule has 0 saturated heterocycles. The molecule has 45 heavy (non-hydrogen) atoms. The van der Waals surface area contributed by atoms with E-state index >= 15 is 8.78 Å². The number of ether oxygens (including phenoxy) is 1. The molecule has 2 amide bonds. The van der Waals surface area contributed by atoms with E-state index in [-0.39, 0.29) is 29.7 Å². The van der Waals surface area contributed by atoms with Crippen molar-refractivity contribution in [3.8, 4) is 11.1 Å². The molecule has 6 rings (SSSR count). The molecule has 2 aromatic carbocycles. The number of fused-ring (bicyclic) bond motifs is 3. The topological polar surface area (TPSA) is 98.1 Å². The maximum atomic E-state index is 15.1.